The van der Waals surface area contributed by atoms with Gasteiger partial charge in [0.15, 0.2) is 5.69 Å². The molecular formula is C25H37N5O6S. The Morgan fingerprint density at radius 1 is 1.22 bits per heavy atom. The quantitative estimate of drug-likeness (QED) is 0.499. The molecule has 0 saturated carbocycles. The second-order valence-electron chi connectivity index (χ2n) is 9.92. The summed E-state index contributed by atoms with van der Waals surface area (Å²) < 4.78 is 35.0. The van der Waals surface area contributed by atoms with Crippen molar-refractivity contribution in [1.29, 1.82) is 0 Å². The van der Waals surface area contributed by atoms with E-state index in [0.29, 0.717) is 6.42 Å². The maximum Gasteiger partial charge on any atom is 0.330 e. The molecule has 0 spiro atoms. The highest BCUT2D eigenvalue weighted by Gasteiger charge is 2.33. The van der Waals surface area contributed by atoms with Crippen molar-refractivity contribution in [3.63, 3.8) is 0 Å². The molecule has 0 radical (unpaired) electrons. The van der Waals surface area contributed by atoms with Crippen LogP contribution in [0.4, 0.5) is 11.5 Å². The first-order valence-corrected chi connectivity index (χ1v) is 14.0. The van der Waals surface area contributed by atoms with Gasteiger partial charge in [-0.25, -0.2) is 13.2 Å². The Morgan fingerprint density at radius 2 is 1.86 bits per heavy atom. The molecule has 12 heteroatoms. The van der Waals surface area contributed by atoms with Crippen molar-refractivity contribution in [2.24, 2.45) is 5.92 Å². The van der Waals surface area contributed by atoms with Crippen LogP contribution < -0.4 is 21.9 Å². The van der Waals surface area contributed by atoms with Crippen molar-refractivity contribution >= 4 is 27.4 Å². The van der Waals surface area contributed by atoms with E-state index in [4.69, 9.17) is 10.5 Å². The molecule has 1 amide bonds. The fourth-order valence-corrected chi connectivity index (χ4v) is 6.07. The number of nitrogens with zero attached hydrogens (tertiary/aromatic N) is 3. The van der Waals surface area contributed by atoms with Gasteiger partial charge < -0.3 is 15.4 Å². The van der Waals surface area contributed by atoms with Crippen molar-refractivity contribution in [1.82, 2.24) is 13.9 Å². The smallest absolute Gasteiger partial charge is 0.330 e. The van der Waals surface area contributed by atoms with Gasteiger partial charge in [0, 0.05) is 31.7 Å². The molecule has 1 saturated heterocycles. The summed E-state index contributed by atoms with van der Waals surface area (Å²) in [5, 5.41) is 0. The van der Waals surface area contributed by atoms with E-state index >= 15 is 0 Å². The molecule has 1 aromatic carbocycles. The molecule has 0 unspecified atom stereocenters. The number of unbranched alkanes of at least 4 members (excludes halogenated alkanes) is 1. The van der Waals surface area contributed by atoms with E-state index < -0.39 is 27.2 Å². The minimum atomic E-state index is -3.89. The lowest BCUT2D eigenvalue weighted by atomic mass is 10.1. The van der Waals surface area contributed by atoms with E-state index in [1.54, 1.807) is 0 Å². The Bertz CT molecular complexity index is 1340. The highest BCUT2D eigenvalue weighted by Crippen LogP contribution is 2.25. The molecule has 3 rings (SSSR count). The van der Waals surface area contributed by atoms with Crippen molar-refractivity contribution in [3.8, 4) is 0 Å². The van der Waals surface area contributed by atoms with E-state index in [1.807, 2.05) is 34.6 Å². The summed E-state index contributed by atoms with van der Waals surface area (Å²) >= 11 is 0. The number of anilines is 2. The molecule has 0 aliphatic carbocycles. The maximum absolute atomic E-state index is 13.7. The molecule has 0 bridgehead atoms. The highest BCUT2D eigenvalue weighted by molar-refractivity contribution is 7.89. The van der Waals surface area contributed by atoms with Gasteiger partial charge in [-0.3, -0.25) is 19.1 Å². The molecule has 2 heterocycles. The van der Waals surface area contributed by atoms with Gasteiger partial charge in [-0.1, -0.05) is 33.3 Å². The third-order valence-electron chi connectivity index (χ3n) is 6.12. The summed E-state index contributed by atoms with van der Waals surface area (Å²) in [5.74, 6) is -0.626. The number of aromatic nitrogens is 2. The number of rotatable bonds is 9. The average molecular weight is 536 g/mol. The van der Waals surface area contributed by atoms with Gasteiger partial charge in [0.1, 0.15) is 5.82 Å². The molecule has 1 aliphatic rings. The number of carbonyl (C=O) groups is 1. The van der Waals surface area contributed by atoms with Crippen molar-refractivity contribution in [3.05, 3.63) is 50.7 Å². The molecule has 2 aromatic rings. The Balaban J connectivity index is 2.06. The van der Waals surface area contributed by atoms with Crippen LogP contribution in [0.5, 0.6) is 0 Å². The predicted octanol–water partition coefficient (Wildman–Crippen LogP) is 2.02. The number of ether oxygens (including phenoxy) is 1. The molecule has 204 valence electrons. The number of nitrogen functional groups attached to an aromatic ring is 1. The summed E-state index contributed by atoms with van der Waals surface area (Å²) in [7, 11) is -3.89. The molecule has 1 fully saturated rings. The summed E-state index contributed by atoms with van der Waals surface area (Å²) in [6, 6.07) is 5.76. The first kappa shape index (κ1) is 28.6. The molecule has 3 N–H and O–H groups in total. The molecule has 11 nitrogen and oxygen atoms in total. The summed E-state index contributed by atoms with van der Waals surface area (Å²) in [6.07, 6.45) is 0.776. The predicted molar refractivity (Wildman–Crippen MR) is 142 cm³/mol. The maximum atomic E-state index is 13.7. The number of amides is 1. The van der Waals surface area contributed by atoms with Crippen LogP contribution in [-0.2, 0) is 21.3 Å². The lowest BCUT2D eigenvalue weighted by molar-refractivity contribution is -0.0440. The van der Waals surface area contributed by atoms with Gasteiger partial charge in [0.25, 0.3) is 11.5 Å². The third kappa shape index (κ3) is 6.31. The van der Waals surface area contributed by atoms with E-state index in [0.717, 1.165) is 6.42 Å². The first-order chi connectivity index (χ1) is 17.4. The van der Waals surface area contributed by atoms with Crippen LogP contribution in [0, 0.1) is 5.92 Å². The number of carbonyl (C=O) groups excluding carboxylic acids is 1. The van der Waals surface area contributed by atoms with E-state index in [9.17, 15) is 22.8 Å². The van der Waals surface area contributed by atoms with Crippen LogP contribution >= 0.6 is 0 Å². The van der Waals surface area contributed by atoms with Gasteiger partial charge in [-0.2, -0.15) is 4.31 Å². The number of benzene rings is 1. The second-order valence-corrected chi connectivity index (χ2v) is 11.9. The average Bonchev–Trinajstić information content (AvgIpc) is 2.82. The molecule has 1 aliphatic heterocycles. The normalized spacial score (nSPS) is 18.8. The van der Waals surface area contributed by atoms with E-state index in [1.165, 1.54) is 38.0 Å². The second kappa shape index (κ2) is 11.6. The summed E-state index contributed by atoms with van der Waals surface area (Å²) in [5.41, 5.74) is 4.83. The van der Waals surface area contributed by atoms with E-state index in [2.05, 4.69) is 4.98 Å². The van der Waals surface area contributed by atoms with Crippen LogP contribution in [0.3, 0.4) is 0 Å². The SMILES string of the molecule is CCCCN(C(=O)c1cccc(S(=O)(=O)N2C[C@@H](C)O[C@@H](C)C2)c1)c1c(N)n(CC(C)C)c(=O)[nH]c1=O. The number of hydrogen-bond donors (Lipinski definition) is 2. The fraction of sp³-hybridized carbons (Fsp3) is 0.560. The standard InChI is InChI=1S/C25H37N5O6S/c1-6-7-11-29(21-22(26)30(13-16(2)3)25(33)27-23(21)31)24(32)19-9-8-10-20(12-19)37(34,35)28-14-17(4)36-18(5)15-28/h8-10,12,16-18H,6-7,11,13-15,26H2,1-5H3,(H,27,31,33)/t17-,18+. The van der Waals surface area contributed by atoms with Gasteiger partial charge >= 0.3 is 5.69 Å². The van der Waals surface area contributed by atoms with Crippen LogP contribution in [0.15, 0.2) is 38.8 Å². The number of nitrogens with two attached hydrogens (primary N) is 1. The van der Waals surface area contributed by atoms with E-state index in [-0.39, 0.29) is 66.3 Å². The fourth-order valence-electron chi connectivity index (χ4n) is 4.44. The van der Waals surface area contributed by atoms with Crippen molar-refractivity contribution in [2.75, 3.05) is 30.3 Å². The number of nitrogens with one attached hydrogen (secondary N) is 1. The third-order valence-corrected chi connectivity index (χ3v) is 7.94. The number of H-pyrrole nitrogens is 1. The zero-order valence-corrected chi connectivity index (χ0v) is 22.9. The Labute approximate surface area is 217 Å². The lowest BCUT2D eigenvalue weighted by Crippen LogP contribution is -2.48. The Morgan fingerprint density at radius 3 is 2.46 bits per heavy atom. The van der Waals surface area contributed by atoms with Crippen LogP contribution in [0.1, 0.15) is 57.8 Å². The monoisotopic (exact) mass is 535 g/mol. The molecular weight excluding hydrogens is 498 g/mol. The largest absolute Gasteiger partial charge is 0.383 e. The van der Waals surface area contributed by atoms with Gasteiger partial charge in [-0.05, 0) is 44.4 Å². The topological polar surface area (TPSA) is 148 Å². The Hall–Kier alpha value is -2.96. The minimum Gasteiger partial charge on any atom is -0.383 e. The minimum absolute atomic E-state index is 0.0262. The summed E-state index contributed by atoms with van der Waals surface area (Å²) in [6.45, 7) is 10.2. The van der Waals surface area contributed by atoms with Crippen molar-refractivity contribution < 1.29 is 17.9 Å². The Kier molecular flexibility index (Phi) is 8.98. The number of morpholine rings is 1. The first-order valence-electron chi connectivity index (χ1n) is 12.6. The number of hydrogen-bond acceptors (Lipinski definition) is 7. The number of sulfonamides is 1. The van der Waals surface area contributed by atoms with Gasteiger partial charge in [0.05, 0.1) is 17.1 Å². The van der Waals surface area contributed by atoms with Crippen molar-refractivity contribution in [2.45, 2.75) is 71.1 Å². The molecule has 2 atom stereocenters. The van der Waals surface area contributed by atoms with Gasteiger partial charge in [-0.15, -0.1) is 0 Å². The molecule has 1 aromatic heterocycles. The van der Waals surface area contributed by atoms with Gasteiger partial charge in [0.2, 0.25) is 10.0 Å². The number of aromatic amines is 1. The summed E-state index contributed by atoms with van der Waals surface area (Å²) in [4.78, 5) is 42.5. The zero-order valence-electron chi connectivity index (χ0n) is 22.1. The molecule has 37 heavy (non-hydrogen) atoms. The van der Waals surface area contributed by atoms with Crippen LogP contribution in [0.2, 0.25) is 0 Å². The highest BCUT2D eigenvalue weighted by atomic mass is 32.2. The zero-order chi connectivity index (χ0) is 27.5. The van der Waals surface area contributed by atoms with Crippen LogP contribution in [0.25, 0.3) is 0 Å². The lowest BCUT2D eigenvalue weighted by Gasteiger charge is -2.34. The van der Waals surface area contributed by atoms with Crippen LogP contribution in [-0.4, -0.2) is 60.0 Å².